The molecule has 5 rings (SSSR count). The lowest BCUT2D eigenvalue weighted by molar-refractivity contribution is -0.123. The molecule has 0 radical (unpaired) electrons. The Morgan fingerprint density at radius 3 is 2.47 bits per heavy atom. The van der Waals surface area contributed by atoms with Crippen molar-refractivity contribution in [3.63, 3.8) is 0 Å². The molecule has 0 saturated carbocycles. The van der Waals surface area contributed by atoms with E-state index < -0.39 is 50.2 Å². The van der Waals surface area contributed by atoms with E-state index in [1.807, 2.05) is 0 Å². The lowest BCUT2D eigenvalue weighted by atomic mass is 9.76. The van der Waals surface area contributed by atoms with Gasteiger partial charge in [0.1, 0.15) is 5.69 Å². The first-order valence-electron chi connectivity index (χ1n) is 10.9. The maximum Gasteiger partial charge on any atom is 0.269 e. The number of aromatic hydroxyl groups is 1. The van der Waals surface area contributed by atoms with Crippen molar-refractivity contribution < 1.29 is 31.8 Å². The predicted molar refractivity (Wildman–Crippen MR) is 128 cm³/mol. The minimum Gasteiger partial charge on any atom is -0.505 e. The number of carbonyl (C=O) groups excluding carboxylic acids is 1. The summed E-state index contributed by atoms with van der Waals surface area (Å²) < 4.78 is 62.4. The maximum atomic E-state index is 15.1. The summed E-state index contributed by atoms with van der Waals surface area (Å²) in [6.07, 6.45) is 2.76. The highest BCUT2D eigenvalue weighted by atomic mass is 32.2. The highest BCUT2D eigenvalue weighted by molar-refractivity contribution is 7.90. The highest BCUT2D eigenvalue weighted by Crippen LogP contribution is 2.44. The number of pyridine rings is 1. The van der Waals surface area contributed by atoms with E-state index in [1.54, 1.807) is 38.1 Å². The van der Waals surface area contributed by atoms with E-state index in [4.69, 9.17) is 4.74 Å². The van der Waals surface area contributed by atoms with Gasteiger partial charge >= 0.3 is 0 Å². The number of hydrogen-bond donors (Lipinski definition) is 1. The largest absolute Gasteiger partial charge is 0.505 e. The first-order chi connectivity index (χ1) is 17.0. The van der Waals surface area contributed by atoms with E-state index in [0.717, 1.165) is 22.0 Å². The quantitative estimate of drug-likeness (QED) is 0.441. The van der Waals surface area contributed by atoms with Gasteiger partial charge in [-0.1, -0.05) is 18.2 Å². The second-order valence-electron chi connectivity index (χ2n) is 8.92. The fourth-order valence-corrected chi connectivity index (χ4v) is 6.02. The van der Waals surface area contributed by atoms with Crippen molar-refractivity contribution in [2.75, 3.05) is 12.0 Å². The third-order valence-electron chi connectivity index (χ3n) is 6.41. The van der Waals surface area contributed by atoms with Crippen molar-refractivity contribution in [2.24, 2.45) is 0 Å². The van der Waals surface area contributed by atoms with Crippen LogP contribution in [0.25, 0.3) is 11.0 Å². The summed E-state index contributed by atoms with van der Waals surface area (Å²) in [7, 11) is -2.80. The van der Waals surface area contributed by atoms with E-state index in [9.17, 15) is 22.7 Å². The standard InChI is InChI=1S/C25H21F2N3O5S/c1-25(2)19-14(13-29(24(25)32)22-20(26)17(31)11-18(35-3)21(22)27)12-28-23-16(19)9-10-30(23)36(33,34)15-7-5-4-6-8-15/h4-12,31H,13H2,1-3H3. The molecule has 0 unspecified atom stereocenters. The van der Waals surface area contributed by atoms with Crippen LogP contribution in [0.5, 0.6) is 11.5 Å². The lowest BCUT2D eigenvalue weighted by Gasteiger charge is -2.39. The molecule has 2 aromatic carbocycles. The number of aromatic nitrogens is 2. The minimum absolute atomic E-state index is 0.0762. The van der Waals surface area contributed by atoms with Gasteiger partial charge in [-0.2, -0.15) is 0 Å². The summed E-state index contributed by atoms with van der Waals surface area (Å²) in [5.74, 6) is -4.36. The molecule has 1 amide bonds. The van der Waals surface area contributed by atoms with Gasteiger partial charge < -0.3 is 14.7 Å². The van der Waals surface area contributed by atoms with Gasteiger partial charge in [0.15, 0.2) is 28.8 Å². The molecule has 3 heterocycles. The summed E-state index contributed by atoms with van der Waals surface area (Å²) >= 11 is 0. The maximum absolute atomic E-state index is 15.1. The first-order valence-corrected chi connectivity index (χ1v) is 12.3. The van der Waals surface area contributed by atoms with Crippen LogP contribution in [0.1, 0.15) is 25.0 Å². The van der Waals surface area contributed by atoms with Gasteiger partial charge in [-0.05, 0) is 43.2 Å². The van der Waals surface area contributed by atoms with E-state index in [0.29, 0.717) is 16.5 Å². The minimum atomic E-state index is -3.96. The number of rotatable bonds is 4. The lowest BCUT2D eigenvalue weighted by Crippen LogP contribution is -2.48. The van der Waals surface area contributed by atoms with Crippen LogP contribution < -0.4 is 9.64 Å². The molecule has 36 heavy (non-hydrogen) atoms. The van der Waals surface area contributed by atoms with Crippen LogP contribution in [0.4, 0.5) is 14.5 Å². The number of phenols is 1. The molecule has 1 N–H and O–H groups in total. The number of anilines is 1. The number of nitrogens with zero attached hydrogens (tertiary/aromatic N) is 3. The molecule has 0 bridgehead atoms. The molecule has 4 aromatic rings. The number of phenolic OH excluding ortho intramolecular Hbond substituents is 1. The average Bonchev–Trinajstić information content (AvgIpc) is 3.29. The number of methoxy groups -OCH3 is 1. The number of fused-ring (bicyclic) bond motifs is 3. The summed E-state index contributed by atoms with van der Waals surface area (Å²) in [6.45, 7) is 2.91. The van der Waals surface area contributed by atoms with Gasteiger partial charge in [0.2, 0.25) is 5.91 Å². The van der Waals surface area contributed by atoms with Crippen LogP contribution in [-0.4, -0.2) is 35.5 Å². The summed E-state index contributed by atoms with van der Waals surface area (Å²) in [4.78, 5) is 18.9. The smallest absolute Gasteiger partial charge is 0.269 e. The number of carbonyl (C=O) groups is 1. The Morgan fingerprint density at radius 1 is 1.11 bits per heavy atom. The van der Waals surface area contributed by atoms with Gasteiger partial charge in [0, 0.05) is 23.8 Å². The van der Waals surface area contributed by atoms with Gasteiger partial charge in [0.25, 0.3) is 10.0 Å². The second kappa shape index (κ2) is 8.02. The van der Waals surface area contributed by atoms with Gasteiger partial charge in [-0.15, -0.1) is 0 Å². The monoisotopic (exact) mass is 513 g/mol. The van der Waals surface area contributed by atoms with E-state index in [1.165, 1.54) is 24.5 Å². The fraction of sp³-hybridized carbons (Fsp3) is 0.200. The van der Waals surface area contributed by atoms with Crippen molar-refractivity contribution in [3.05, 3.63) is 77.6 Å². The molecule has 1 aliphatic heterocycles. The van der Waals surface area contributed by atoms with Crippen molar-refractivity contribution in [1.82, 2.24) is 8.96 Å². The van der Waals surface area contributed by atoms with Crippen LogP contribution in [0.2, 0.25) is 0 Å². The Balaban J connectivity index is 1.69. The normalized spacial score (nSPS) is 15.2. The van der Waals surface area contributed by atoms with Gasteiger partial charge in [-0.25, -0.2) is 26.2 Å². The van der Waals surface area contributed by atoms with Gasteiger partial charge in [-0.3, -0.25) is 4.79 Å². The number of hydrogen-bond acceptors (Lipinski definition) is 6. The SMILES string of the molecule is COc1cc(O)c(F)c(N2Cc3cnc4c(ccn4S(=O)(=O)c4ccccc4)c3C(C)(C)C2=O)c1F. The third-order valence-corrected chi connectivity index (χ3v) is 8.09. The van der Waals surface area contributed by atoms with E-state index in [-0.39, 0.29) is 17.1 Å². The molecule has 0 spiro atoms. The molecule has 186 valence electrons. The first kappa shape index (κ1) is 23.7. The van der Waals surface area contributed by atoms with E-state index >= 15 is 4.39 Å². The predicted octanol–water partition coefficient (Wildman–Crippen LogP) is 4.09. The number of halogens is 2. The molecule has 0 atom stereocenters. The number of benzene rings is 2. The van der Waals surface area contributed by atoms with Crippen LogP contribution in [0, 0.1) is 11.6 Å². The zero-order chi connectivity index (χ0) is 26.0. The van der Waals surface area contributed by atoms with Gasteiger partial charge in [0.05, 0.1) is 24.0 Å². The van der Waals surface area contributed by atoms with Crippen molar-refractivity contribution in [3.8, 4) is 11.5 Å². The summed E-state index contributed by atoms with van der Waals surface area (Å²) in [5.41, 5.74) is -0.954. The molecule has 8 nitrogen and oxygen atoms in total. The Bertz CT molecular complexity index is 1650. The number of ether oxygens (including phenoxy) is 1. The van der Waals surface area contributed by atoms with Crippen LogP contribution >= 0.6 is 0 Å². The summed E-state index contributed by atoms with van der Waals surface area (Å²) in [6, 6.07) is 10.2. The molecular weight excluding hydrogens is 492 g/mol. The molecule has 1 aliphatic rings. The van der Waals surface area contributed by atoms with Crippen molar-refractivity contribution >= 4 is 32.7 Å². The molecule has 0 saturated heterocycles. The van der Waals surface area contributed by atoms with Crippen LogP contribution in [0.15, 0.2) is 59.8 Å². The molecule has 11 heteroatoms. The topological polar surface area (TPSA) is 102 Å². The number of amides is 1. The molecule has 2 aromatic heterocycles. The third kappa shape index (κ3) is 3.26. The molecule has 0 aliphatic carbocycles. The summed E-state index contributed by atoms with van der Waals surface area (Å²) in [5, 5.41) is 10.4. The zero-order valence-corrected chi connectivity index (χ0v) is 20.3. The Morgan fingerprint density at radius 2 is 1.81 bits per heavy atom. The van der Waals surface area contributed by atoms with E-state index in [2.05, 4.69) is 4.98 Å². The average molecular weight is 514 g/mol. The zero-order valence-electron chi connectivity index (χ0n) is 19.5. The van der Waals surface area contributed by atoms with Crippen molar-refractivity contribution in [2.45, 2.75) is 30.7 Å². The molecule has 0 fully saturated rings. The highest BCUT2D eigenvalue weighted by Gasteiger charge is 2.44. The van der Waals surface area contributed by atoms with Crippen molar-refractivity contribution in [1.29, 1.82) is 0 Å². The Kier molecular flexibility index (Phi) is 5.29. The Hall–Kier alpha value is -3.99. The van der Waals surface area contributed by atoms with Crippen LogP contribution in [-0.2, 0) is 26.8 Å². The fourth-order valence-electron chi connectivity index (χ4n) is 4.70. The molecular formula is C25H21F2N3O5S. The van der Waals surface area contributed by atoms with Crippen LogP contribution in [0.3, 0.4) is 0 Å². The second-order valence-corrected chi connectivity index (χ2v) is 10.7. The Labute approximate surface area is 205 Å².